The van der Waals surface area contributed by atoms with Gasteiger partial charge in [-0.2, -0.15) is 0 Å². The van der Waals surface area contributed by atoms with Crippen LogP contribution in [0.5, 0.6) is 11.5 Å². The number of methoxy groups -OCH3 is 1. The standard InChI is InChI=1S/C19H21NO5S/c1-24-15-9-13(10-16-18(22)20-19(23)26-16)7-8-14(15)25-17(21)11-12-5-3-2-4-6-12/h7-10,12H,2-6,11H2,1H3,(H,20,22,23). The first kappa shape index (κ1) is 18.5. The Kier molecular flexibility index (Phi) is 5.98. The van der Waals surface area contributed by atoms with Crippen molar-refractivity contribution in [3.8, 4) is 11.5 Å². The second-order valence-corrected chi connectivity index (χ2v) is 7.46. The van der Waals surface area contributed by atoms with Crippen molar-refractivity contribution in [1.82, 2.24) is 5.32 Å². The van der Waals surface area contributed by atoms with Gasteiger partial charge in [0.15, 0.2) is 11.5 Å². The normalized spacial score (nSPS) is 19.5. The SMILES string of the molecule is COc1cc(C=C2SC(=O)NC2=O)ccc1OC(=O)CC1CCCCC1. The molecule has 1 aromatic carbocycles. The molecule has 2 fully saturated rings. The van der Waals surface area contributed by atoms with Crippen LogP contribution in [0.2, 0.25) is 0 Å². The van der Waals surface area contributed by atoms with Gasteiger partial charge >= 0.3 is 5.97 Å². The van der Waals surface area contributed by atoms with Crippen LogP contribution < -0.4 is 14.8 Å². The maximum absolute atomic E-state index is 12.2. The van der Waals surface area contributed by atoms with Gasteiger partial charge in [-0.3, -0.25) is 19.7 Å². The Morgan fingerprint density at radius 3 is 2.65 bits per heavy atom. The fourth-order valence-corrected chi connectivity index (χ4v) is 3.90. The lowest BCUT2D eigenvalue weighted by molar-refractivity contribution is -0.135. The van der Waals surface area contributed by atoms with E-state index in [-0.39, 0.29) is 11.2 Å². The lowest BCUT2D eigenvalue weighted by Gasteiger charge is -2.20. The second kappa shape index (κ2) is 8.40. The van der Waals surface area contributed by atoms with Crippen molar-refractivity contribution in [1.29, 1.82) is 0 Å². The molecule has 26 heavy (non-hydrogen) atoms. The van der Waals surface area contributed by atoms with Crippen molar-refractivity contribution in [3.05, 3.63) is 28.7 Å². The van der Waals surface area contributed by atoms with Crippen LogP contribution in [-0.4, -0.2) is 24.2 Å². The van der Waals surface area contributed by atoms with Crippen LogP contribution in [0.3, 0.4) is 0 Å². The molecule has 1 heterocycles. The lowest BCUT2D eigenvalue weighted by Crippen LogP contribution is -2.17. The molecular weight excluding hydrogens is 354 g/mol. The van der Waals surface area contributed by atoms with Gasteiger partial charge in [0.05, 0.1) is 12.0 Å². The summed E-state index contributed by atoms with van der Waals surface area (Å²) in [7, 11) is 1.49. The summed E-state index contributed by atoms with van der Waals surface area (Å²) >= 11 is 0.852. The van der Waals surface area contributed by atoms with Crippen LogP contribution in [0, 0.1) is 5.92 Å². The minimum atomic E-state index is -0.415. The third-order valence-electron chi connectivity index (χ3n) is 4.53. The van der Waals surface area contributed by atoms with E-state index in [0.717, 1.165) is 24.6 Å². The number of carbonyl (C=O) groups excluding carboxylic acids is 3. The van der Waals surface area contributed by atoms with Gasteiger partial charge in [0.1, 0.15) is 0 Å². The Morgan fingerprint density at radius 1 is 1.23 bits per heavy atom. The van der Waals surface area contributed by atoms with Crippen LogP contribution in [-0.2, 0) is 9.59 Å². The minimum absolute atomic E-state index is 0.252. The minimum Gasteiger partial charge on any atom is -0.493 e. The van der Waals surface area contributed by atoms with Crippen molar-refractivity contribution >= 4 is 35.0 Å². The number of rotatable bonds is 5. The number of thioether (sulfide) groups is 1. The van der Waals surface area contributed by atoms with E-state index in [1.807, 2.05) is 0 Å². The van der Waals surface area contributed by atoms with E-state index in [1.165, 1.54) is 26.4 Å². The smallest absolute Gasteiger partial charge is 0.311 e. The van der Waals surface area contributed by atoms with E-state index < -0.39 is 5.91 Å². The van der Waals surface area contributed by atoms with Crippen LogP contribution in [0.15, 0.2) is 23.1 Å². The van der Waals surface area contributed by atoms with Crippen LogP contribution in [0.1, 0.15) is 44.1 Å². The topological polar surface area (TPSA) is 81.7 Å². The highest BCUT2D eigenvalue weighted by atomic mass is 32.2. The summed E-state index contributed by atoms with van der Waals surface area (Å²) in [6.07, 6.45) is 7.79. The number of carbonyl (C=O) groups is 3. The molecule has 0 spiro atoms. The molecule has 0 radical (unpaired) electrons. The highest BCUT2D eigenvalue weighted by molar-refractivity contribution is 8.18. The molecule has 0 atom stereocenters. The third-order valence-corrected chi connectivity index (χ3v) is 5.34. The maximum atomic E-state index is 12.2. The number of benzene rings is 1. The molecule has 7 heteroatoms. The van der Waals surface area contributed by atoms with Gasteiger partial charge in [-0.1, -0.05) is 25.3 Å². The molecule has 6 nitrogen and oxygen atoms in total. The zero-order chi connectivity index (χ0) is 18.5. The zero-order valence-electron chi connectivity index (χ0n) is 14.6. The highest BCUT2D eigenvalue weighted by Gasteiger charge is 2.25. The van der Waals surface area contributed by atoms with Crippen LogP contribution in [0.4, 0.5) is 4.79 Å². The van der Waals surface area contributed by atoms with Crippen LogP contribution >= 0.6 is 11.8 Å². The molecule has 138 valence electrons. The van der Waals surface area contributed by atoms with E-state index in [1.54, 1.807) is 24.3 Å². The van der Waals surface area contributed by atoms with Gasteiger partial charge in [0, 0.05) is 6.42 Å². The molecule has 1 saturated heterocycles. The molecule has 1 aliphatic heterocycles. The van der Waals surface area contributed by atoms with Gasteiger partial charge in [0.2, 0.25) is 0 Å². The van der Waals surface area contributed by atoms with Crippen molar-refractivity contribution in [2.45, 2.75) is 38.5 Å². The Labute approximate surface area is 156 Å². The van der Waals surface area contributed by atoms with E-state index in [4.69, 9.17) is 9.47 Å². The summed E-state index contributed by atoms with van der Waals surface area (Å²) in [5, 5.41) is 1.82. The summed E-state index contributed by atoms with van der Waals surface area (Å²) < 4.78 is 10.8. The first-order valence-electron chi connectivity index (χ1n) is 8.68. The van der Waals surface area contributed by atoms with E-state index >= 15 is 0 Å². The van der Waals surface area contributed by atoms with Crippen molar-refractivity contribution < 1.29 is 23.9 Å². The monoisotopic (exact) mass is 375 g/mol. The average Bonchev–Trinajstić information content (AvgIpc) is 2.94. The molecule has 2 aliphatic rings. The molecule has 0 aromatic heterocycles. The predicted molar refractivity (Wildman–Crippen MR) is 98.9 cm³/mol. The largest absolute Gasteiger partial charge is 0.493 e. The average molecular weight is 375 g/mol. The molecule has 0 bridgehead atoms. The number of hydrogen-bond acceptors (Lipinski definition) is 6. The fourth-order valence-electron chi connectivity index (χ4n) is 3.22. The maximum Gasteiger partial charge on any atom is 0.311 e. The Balaban J connectivity index is 1.68. The van der Waals surface area contributed by atoms with E-state index in [9.17, 15) is 14.4 Å². The summed E-state index contributed by atoms with van der Waals surface area (Å²) in [5.74, 6) is 0.502. The predicted octanol–water partition coefficient (Wildman–Crippen LogP) is 3.89. The molecule has 2 amide bonds. The molecule has 1 aliphatic carbocycles. The number of imide groups is 1. The quantitative estimate of drug-likeness (QED) is 0.478. The Morgan fingerprint density at radius 2 is 2.00 bits per heavy atom. The van der Waals surface area contributed by atoms with E-state index in [2.05, 4.69) is 5.32 Å². The highest BCUT2D eigenvalue weighted by Crippen LogP contribution is 2.33. The van der Waals surface area contributed by atoms with Gasteiger partial charge in [-0.15, -0.1) is 0 Å². The van der Waals surface area contributed by atoms with Crippen LogP contribution in [0.25, 0.3) is 6.08 Å². The summed E-state index contributed by atoms with van der Waals surface area (Å²) in [6, 6.07) is 5.03. The zero-order valence-corrected chi connectivity index (χ0v) is 15.4. The van der Waals surface area contributed by atoms with Gasteiger partial charge in [0.25, 0.3) is 11.1 Å². The molecule has 3 rings (SSSR count). The van der Waals surface area contributed by atoms with Gasteiger partial charge in [-0.05, 0) is 54.3 Å². The molecule has 1 aromatic rings. The molecule has 1 N–H and O–H groups in total. The molecular formula is C19H21NO5S. The van der Waals surface area contributed by atoms with Gasteiger partial charge in [-0.25, -0.2) is 0 Å². The first-order chi connectivity index (χ1) is 12.5. The number of esters is 1. The first-order valence-corrected chi connectivity index (χ1v) is 9.50. The molecule has 1 saturated carbocycles. The van der Waals surface area contributed by atoms with Crippen molar-refractivity contribution in [3.63, 3.8) is 0 Å². The number of amides is 2. The lowest BCUT2D eigenvalue weighted by atomic mass is 9.87. The molecule has 0 unspecified atom stereocenters. The number of hydrogen-bond donors (Lipinski definition) is 1. The summed E-state index contributed by atoms with van der Waals surface area (Å²) in [6.45, 7) is 0. The third kappa shape index (κ3) is 4.66. The number of nitrogens with one attached hydrogen (secondary N) is 1. The van der Waals surface area contributed by atoms with Gasteiger partial charge < -0.3 is 9.47 Å². The number of ether oxygens (including phenoxy) is 2. The van der Waals surface area contributed by atoms with E-state index in [0.29, 0.717) is 34.3 Å². The Bertz CT molecular complexity index is 752. The summed E-state index contributed by atoms with van der Waals surface area (Å²) in [4.78, 5) is 35.4. The second-order valence-electron chi connectivity index (χ2n) is 6.44. The Hall–Kier alpha value is -2.28. The van der Waals surface area contributed by atoms with Crippen molar-refractivity contribution in [2.24, 2.45) is 5.92 Å². The fraction of sp³-hybridized carbons (Fsp3) is 0.421. The van der Waals surface area contributed by atoms with Crippen molar-refractivity contribution in [2.75, 3.05) is 7.11 Å². The summed E-state index contributed by atoms with van der Waals surface area (Å²) in [5.41, 5.74) is 0.682.